The summed E-state index contributed by atoms with van der Waals surface area (Å²) in [6.07, 6.45) is 1.39. The summed E-state index contributed by atoms with van der Waals surface area (Å²) in [7, 11) is 0. The Morgan fingerprint density at radius 3 is 3.06 bits per heavy atom. The first-order chi connectivity index (χ1) is 7.66. The lowest BCUT2D eigenvalue weighted by atomic mass is 10.3. The van der Waals surface area contributed by atoms with Gasteiger partial charge in [-0.1, -0.05) is 0 Å². The van der Waals surface area contributed by atoms with Gasteiger partial charge < -0.3 is 11.1 Å². The third kappa shape index (κ3) is 2.16. The minimum Gasteiger partial charge on any atom is -0.375 e. The number of H-pyrrole nitrogens is 1. The second kappa shape index (κ2) is 4.27. The van der Waals surface area contributed by atoms with Crippen molar-refractivity contribution in [3.05, 3.63) is 23.2 Å². The van der Waals surface area contributed by atoms with Gasteiger partial charge in [-0.25, -0.2) is 9.97 Å². The molecule has 4 N–H and O–H groups in total. The highest BCUT2D eigenvalue weighted by Gasteiger charge is 2.15. The standard InChI is InChI=1S/C8H10N6OS/c1-4(6-10-3-11-14-6)12-7(15)5-2-16-8(9)13-5/h2-4H,1H3,(H2,9,13)(H,12,15)(H,10,11,14). The molecule has 2 heterocycles. The fourth-order valence-corrected chi connectivity index (χ4v) is 1.70. The zero-order valence-corrected chi connectivity index (χ0v) is 9.28. The average molecular weight is 238 g/mol. The van der Waals surface area contributed by atoms with Gasteiger partial charge in [-0.2, -0.15) is 5.10 Å². The van der Waals surface area contributed by atoms with Crippen LogP contribution in [0.5, 0.6) is 0 Å². The smallest absolute Gasteiger partial charge is 0.271 e. The number of nitrogens with one attached hydrogen (secondary N) is 2. The van der Waals surface area contributed by atoms with Crippen molar-refractivity contribution in [2.45, 2.75) is 13.0 Å². The van der Waals surface area contributed by atoms with Gasteiger partial charge in [-0.05, 0) is 6.92 Å². The lowest BCUT2D eigenvalue weighted by Gasteiger charge is -2.09. The molecule has 16 heavy (non-hydrogen) atoms. The van der Waals surface area contributed by atoms with E-state index in [9.17, 15) is 4.79 Å². The Kier molecular flexibility index (Phi) is 2.82. The molecule has 2 aromatic rings. The topological polar surface area (TPSA) is 110 Å². The molecule has 2 aromatic heterocycles. The van der Waals surface area contributed by atoms with Crippen molar-refractivity contribution in [2.24, 2.45) is 0 Å². The maximum atomic E-state index is 11.7. The molecule has 0 aromatic carbocycles. The number of nitrogens with zero attached hydrogens (tertiary/aromatic N) is 3. The van der Waals surface area contributed by atoms with Crippen molar-refractivity contribution in [2.75, 3.05) is 5.73 Å². The van der Waals surface area contributed by atoms with Gasteiger partial charge in [-0.15, -0.1) is 11.3 Å². The summed E-state index contributed by atoms with van der Waals surface area (Å²) in [5.41, 5.74) is 5.75. The van der Waals surface area contributed by atoms with E-state index < -0.39 is 0 Å². The molecule has 0 aliphatic heterocycles. The van der Waals surface area contributed by atoms with E-state index >= 15 is 0 Å². The van der Waals surface area contributed by atoms with Crippen molar-refractivity contribution < 1.29 is 4.79 Å². The number of aromatic nitrogens is 4. The van der Waals surface area contributed by atoms with Crippen LogP contribution in [0.2, 0.25) is 0 Å². The van der Waals surface area contributed by atoms with Crippen LogP contribution in [0.4, 0.5) is 5.13 Å². The summed E-state index contributed by atoms with van der Waals surface area (Å²) in [5, 5.41) is 11.1. The van der Waals surface area contributed by atoms with Gasteiger partial charge in [0.15, 0.2) is 5.13 Å². The minimum atomic E-state index is -0.281. The molecule has 0 aliphatic carbocycles. The van der Waals surface area contributed by atoms with E-state index in [4.69, 9.17) is 5.73 Å². The number of hydrogen-bond donors (Lipinski definition) is 3. The molecule has 1 unspecified atom stereocenters. The Bertz CT molecular complexity index is 478. The van der Waals surface area contributed by atoms with Gasteiger partial charge in [0.1, 0.15) is 17.8 Å². The number of aromatic amines is 1. The van der Waals surface area contributed by atoms with Crippen LogP contribution < -0.4 is 11.1 Å². The van der Waals surface area contributed by atoms with E-state index in [1.165, 1.54) is 17.7 Å². The number of nitrogens with two attached hydrogens (primary N) is 1. The number of anilines is 1. The van der Waals surface area contributed by atoms with Crippen LogP contribution in [0.25, 0.3) is 0 Å². The molecule has 0 radical (unpaired) electrons. The zero-order valence-electron chi connectivity index (χ0n) is 8.47. The molecule has 2 rings (SSSR count). The van der Waals surface area contributed by atoms with Crippen molar-refractivity contribution >= 4 is 22.4 Å². The molecule has 0 saturated heterocycles. The lowest BCUT2D eigenvalue weighted by molar-refractivity contribution is 0.0934. The molecule has 0 spiro atoms. The largest absolute Gasteiger partial charge is 0.375 e. The van der Waals surface area contributed by atoms with Crippen LogP contribution in [0.3, 0.4) is 0 Å². The third-order valence-electron chi connectivity index (χ3n) is 1.95. The molecule has 0 saturated carbocycles. The number of hydrogen-bond acceptors (Lipinski definition) is 6. The van der Waals surface area contributed by atoms with Gasteiger partial charge in [0.2, 0.25) is 0 Å². The van der Waals surface area contributed by atoms with Crippen molar-refractivity contribution in [1.29, 1.82) is 0 Å². The summed E-state index contributed by atoms with van der Waals surface area (Å²) >= 11 is 1.23. The summed E-state index contributed by atoms with van der Waals surface area (Å²) < 4.78 is 0. The molecule has 0 bridgehead atoms. The number of carbonyl (C=O) groups excluding carboxylic acids is 1. The highest BCUT2D eigenvalue weighted by atomic mass is 32.1. The first-order valence-corrected chi connectivity index (χ1v) is 5.42. The Morgan fingerprint density at radius 2 is 2.50 bits per heavy atom. The van der Waals surface area contributed by atoms with E-state index in [0.717, 1.165) is 0 Å². The molecule has 8 heteroatoms. The van der Waals surface area contributed by atoms with Crippen LogP contribution in [-0.4, -0.2) is 26.1 Å². The molecule has 7 nitrogen and oxygen atoms in total. The Balaban J connectivity index is 2.03. The second-order valence-electron chi connectivity index (χ2n) is 3.14. The fourth-order valence-electron chi connectivity index (χ4n) is 1.15. The number of rotatable bonds is 3. The van der Waals surface area contributed by atoms with E-state index in [1.54, 1.807) is 12.3 Å². The molecule has 1 amide bonds. The molecule has 0 aliphatic rings. The van der Waals surface area contributed by atoms with Crippen LogP contribution in [0.1, 0.15) is 29.3 Å². The van der Waals surface area contributed by atoms with Crippen LogP contribution in [-0.2, 0) is 0 Å². The Labute approximate surface area is 95.1 Å². The molecular formula is C8H10N6OS. The lowest BCUT2D eigenvalue weighted by Crippen LogP contribution is -2.27. The van der Waals surface area contributed by atoms with Gasteiger partial charge in [0, 0.05) is 5.38 Å². The maximum absolute atomic E-state index is 11.7. The van der Waals surface area contributed by atoms with Gasteiger partial charge >= 0.3 is 0 Å². The third-order valence-corrected chi connectivity index (χ3v) is 2.62. The highest BCUT2D eigenvalue weighted by Crippen LogP contribution is 2.12. The fraction of sp³-hybridized carbons (Fsp3) is 0.250. The van der Waals surface area contributed by atoms with E-state index in [0.29, 0.717) is 16.6 Å². The van der Waals surface area contributed by atoms with E-state index in [1.807, 2.05) is 0 Å². The predicted molar refractivity (Wildman–Crippen MR) is 58.8 cm³/mol. The molecule has 84 valence electrons. The summed E-state index contributed by atoms with van der Waals surface area (Å²) in [6, 6.07) is -0.252. The average Bonchev–Trinajstić information content (AvgIpc) is 2.87. The summed E-state index contributed by atoms with van der Waals surface area (Å²) in [5.74, 6) is 0.313. The van der Waals surface area contributed by atoms with Gasteiger partial charge in [0.25, 0.3) is 5.91 Å². The Morgan fingerprint density at radius 1 is 1.69 bits per heavy atom. The zero-order chi connectivity index (χ0) is 11.5. The van der Waals surface area contributed by atoms with E-state index in [-0.39, 0.29) is 11.9 Å². The number of carbonyl (C=O) groups is 1. The predicted octanol–water partition coefficient (Wildman–Crippen LogP) is 0.334. The van der Waals surface area contributed by atoms with E-state index in [2.05, 4.69) is 25.5 Å². The van der Waals surface area contributed by atoms with Gasteiger partial charge in [0.05, 0.1) is 6.04 Å². The van der Waals surface area contributed by atoms with Crippen molar-refractivity contribution in [3.63, 3.8) is 0 Å². The number of thiazole rings is 1. The minimum absolute atomic E-state index is 0.252. The van der Waals surface area contributed by atoms with Crippen molar-refractivity contribution in [1.82, 2.24) is 25.5 Å². The first kappa shape index (κ1) is 10.6. The van der Waals surface area contributed by atoms with Crippen LogP contribution in [0.15, 0.2) is 11.7 Å². The summed E-state index contributed by atoms with van der Waals surface area (Å²) in [4.78, 5) is 19.5. The van der Waals surface area contributed by atoms with Crippen LogP contribution >= 0.6 is 11.3 Å². The monoisotopic (exact) mass is 238 g/mol. The quantitative estimate of drug-likeness (QED) is 0.714. The number of amides is 1. The SMILES string of the molecule is CC(NC(=O)c1csc(N)n1)c1ncn[nH]1. The maximum Gasteiger partial charge on any atom is 0.271 e. The second-order valence-corrected chi connectivity index (χ2v) is 4.03. The highest BCUT2D eigenvalue weighted by molar-refractivity contribution is 7.13. The van der Waals surface area contributed by atoms with Crippen LogP contribution in [0, 0.1) is 0 Å². The van der Waals surface area contributed by atoms with Crippen molar-refractivity contribution in [3.8, 4) is 0 Å². The molecular weight excluding hydrogens is 228 g/mol. The summed E-state index contributed by atoms with van der Waals surface area (Å²) in [6.45, 7) is 1.80. The normalized spacial score (nSPS) is 12.3. The number of nitrogen functional groups attached to an aromatic ring is 1. The first-order valence-electron chi connectivity index (χ1n) is 4.54. The molecule has 1 atom stereocenters. The Hall–Kier alpha value is -1.96. The van der Waals surface area contributed by atoms with Gasteiger partial charge in [-0.3, -0.25) is 9.89 Å². The molecule has 0 fully saturated rings.